The van der Waals surface area contributed by atoms with Gasteiger partial charge in [0.15, 0.2) is 0 Å². The first-order valence-electron chi connectivity index (χ1n) is 9.64. The van der Waals surface area contributed by atoms with Gasteiger partial charge in [0.05, 0.1) is 22.7 Å². The molecule has 7 nitrogen and oxygen atoms in total. The Morgan fingerprint density at radius 1 is 1.06 bits per heavy atom. The summed E-state index contributed by atoms with van der Waals surface area (Å²) in [7, 11) is -2.04. The molecule has 0 spiro atoms. The molecule has 0 aliphatic rings. The standard InChI is InChI=1S/C23H22N4O3S/c1-27(22(18-8-3-2-4-9-18)21-10-5-6-16-25-21)23(28)19-11-13-20(14-12-19)31(29,30)26-17-7-15-24/h2-6,8-14,16,22,26H,7,17H2,1H3/t22-/m0/s1. The Labute approximate surface area is 182 Å². The van der Waals surface area contributed by atoms with Gasteiger partial charge in [0.25, 0.3) is 5.91 Å². The maximum atomic E-state index is 13.2. The van der Waals surface area contributed by atoms with Crippen LogP contribution >= 0.6 is 0 Å². The van der Waals surface area contributed by atoms with E-state index in [1.807, 2.05) is 54.6 Å². The number of nitrogens with zero attached hydrogens (tertiary/aromatic N) is 3. The van der Waals surface area contributed by atoms with Crippen LogP contribution < -0.4 is 4.72 Å². The number of hydrogen-bond acceptors (Lipinski definition) is 5. The van der Waals surface area contributed by atoms with E-state index in [1.54, 1.807) is 18.1 Å². The normalized spacial score (nSPS) is 12.0. The summed E-state index contributed by atoms with van der Waals surface area (Å²) in [5, 5.41) is 8.56. The number of aromatic nitrogens is 1. The minimum absolute atomic E-state index is 0.0328. The molecule has 0 radical (unpaired) electrons. The van der Waals surface area contributed by atoms with Crippen LogP contribution in [0, 0.1) is 11.3 Å². The summed E-state index contributed by atoms with van der Waals surface area (Å²) in [5.74, 6) is -0.263. The highest BCUT2D eigenvalue weighted by Crippen LogP contribution is 2.27. The minimum atomic E-state index is -3.73. The van der Waals surface area contributed by atoms with Gasteiger partial charge in [0.1, 0.15) is 0 Å². The van der Waals surface area contributed by atoms with E-state index < -0.39 is 16.1 Å². The number of carbonyl (C=O) groups excluding carboxylic acids is 1. The average molecular weight is 435 g/mol. The molecule has 0 fully saturated rings. The summed E-state index contributed by atoms with van der Waals surface area (Å²) in [4.78, 5) is 19.3. The van der Waals surface area contributed by atoms with E-state index in [9.17, 15) is 13.2 Å². The first-order chi connectivity index (χ1) is 14.9. The summed E-state index contributed by atoms with van der Waals surface area (Å²) >= 11 is 0. The summed E-state index contributed by atoms with van der Waals surface area (Å²) in [5.41, 5.74) is 2.00. The smallest absolute Gasteiger partial charge is 0.254 e. The number of pyridine rings is 1. The second-order valence-electron chi connectivity index (χ2n) is 6.81. The Hall–Kier alpha value is -3.54. The average Bonchev–Trinajstić information content (AvgIpc) is 2.80. The Morgan fingerprint density at radius 2 is 1.74 bits per heavy atom. The third-order valence-electron chi connectivity index (χ3n) is 4.73. The van der Waals surface area contributed by atoms with Gasteiger partial charge < -0.3 is 4.90 Å². The van der Waals surface area contributed by atoms with Crippen molar-refractivity contribution in [3.05, 3.63) is 95.8 Å². The number of carbonyl (C=O) groups is 1. The lowest BCUT2D eigenvalue weighted by Crippen LogP contribution is -2.32. The zero-order valence-electron chi connectivity index (χ0n) is 17.0. The van der Waals surface area contributed by atoms with Crippen molar-refractivity contribution in [2.45, 2.75) is 17.4 Å². The molecule has 1 amide bonds. The fraction of sp³-hybridized carbons (Fsp3) is 0.174. The van der Waals surface area contributed by atoms with Gasteiger partial charge in [-0.3, -0.25) is 9.78 Å². The highest BCUT2D eigenvalue weighted by molar-refractivity contribution is 7.89. The van der Waals surface area contributed by atoms with E-state index in [0.29, 0.717) is 5.56 Å². The number of nitrogens with one attached hydrogen (secondary N) is 1. The van der Waals surface area contributed by atoms with Crippen LogP contribution in [0.4, 0.5) is 0 Å². The van der Waals surface area contributed by atoms with Crippen LogP contribution in [0.3, 0.4) is 0 Å². The van der Waals surface area contributed by atoms with Crippen LogP contribution in [-0.4, -0.2) is 37.8 Å². The first kappa shape index (κ1) is 22.2. The highest BCUT2D eigenvalue weighted by atomic mass is 32.2. The van der Waals surface area contributed by atoms with Crippen molar-refractivity contribution in [2.24, 2.45) is 0 Å². The molecule has 158 valence electrons. The molecule has 0 saturated heterocycles. The van der Waals surface area contributed by atoms with Gasteiger partial charge in [-0.15, -0.1) is 0 Å². The Bertz CT molecular complexity index is 1120. The van der Waals surface area contributed by atoms with Crippen molar-refractivity contribution in [1.29, 1.82) is 5.26 Å². The van der Waals surface area contributed by atoms with E-state index >= 15 is 0 Å². The van der Waals surface area contributed by atoms with Crippen molar-refractivity contribution in [3.8, 4) is 6.07 Å². The van der Waals surface area contributed by atoms with Crippen LogP contribution in [0.25, 0.3) is 0 Å². The summed E-state index contributed by atoms with van der Waals surface area (Å²) in [6.45, 7) is 0.0328. The molecule has 1 heterocycles. The van der Waals surface area contributed by atoms with E-state index in [4.69, 9.17) is 5.26 Å². The molecule has 3 rings (SSSR count). The molecule has 1 atom stereocenters. The number of sulfonamides is 1. The highest BCUT2D eigenvalue weighted by Gasteiger charge is 2.25. The molecule has 2 aromatic carbocycles. The molecule has 0 bridgehead atoms. The molecular formula is C23H22N4O3S. The molecule has 0 unspecified atom stereocenters. The van der Waals surface area contributed by atoms with Gasteiger partial charge in [-0.05, 0) is 42.0 Å². The van der Waals surface area contributed by atoms with Crippen LogP contribution in [-0.2, 0) is 10.0 Å². The third-order valence-corrected chi connectivity index (χ3v) is 6.21. The van der Waals surface area contributed by atoms with Crippen LogP contribution in [0.5, 0.6) is 0 Å². The molecule has 31 heavy (non-hydrogen) atoms. The predicted octanol–water partition coefficient (Wildman–Crippen LogP) is 3.14. The van der Waals surface area contributed by atoms with Gasteiger partial charge in [0, 0.05) is 31.8 Å². The SMILES string of the molecule is CN(C(=O)c1ccc(S(=O)(=O)NCCC#N)cc1)[C@@H](c1ccccc1)c1ccccn1. The maximum Gasteiger partial charge on any atom is 0.254 e. The number of rotatable bonds is 8. The lowest BCUT2D eigenvalue weighted by molar-refractivity contribution is 0.0752. The van der Waals surface area contributed by atoms with Gasteiger partial charge in [0.2, 0.25) is 10.0 Å². The Balaban J connectivity index is 1.86. The second kappa shape index (κ2) is 9.98. The number of benzene rings is 2. The fourth-order valence-corrected chi connectivity index (χ4v) is 4.22. The first-order valence-corrected chi connectivity index (χ1v) is 11.1. The van der Waals surface area contributed by atoms with Crippen molar-refractivity contribution >= 4 is 15.9 Å². The third kappa shape index (κ3) is 5.34. The Kier molecular flexibility index (Phi) is 7.13. The van der Waals surface area contributed by atoms with Gasteiger partial charge in [-0.25, -0.2) is 13.1 Å². The van der Waals surface area contributed by atoms with Crippen molar-refractivity contribution in [2.75, 3.05) is 13.6 Å². The largest absolute Gasteiger partial charge is 0.329 e. The van der Waals surface area contributed by atoms with E-state index in [1.165, 1.54) is 24.3 Å². The molecule has 1 aromatic heterocycles. The molecule has 0 saturated carbocycles. The molecule has 0 aliphatic heterocycles. The summed E-state index contributed by atoms with van der Waals surface area (Å²) < 4.78 is 26.9. The monoisotopic (exact) mass is 434 g/mol. The molecule has 1 N–H and O–H groups in total. The van der Waals surface area contributed by atoms with Crippen LogP contribution in [0.1, 0.15) is 34.1 Å². The topological polar surface area (TPSA) is 103 Å². The molecule has 8 heteroatoms. The second-order valence-corrected chi connectivity index (χ2v) is 8.58. The number of amides is 1. The van der Waals surface area contributed by atoms with Crippen molar-refractivity contribution in [3.63, 3.8) is 0 Å². The van der Waals surface area contributed by atoms with E-state index in [0.717, 1.165) is 11.3 Å². The predicted molar refractivity (Wildman–Crippen MR) is 116 cm³/mol. The lowest BCUT2D eigenvalue weighted by atomic mass is 10.0. The van der Waals surface area contributed by atoms with Gasteiger partial charge in [-0.2, -0.15) is 5.26 Å². The maximum absolute atomic E-state index is 13.2. The summed E-state index contributed by atoms with van der Waals surface area (Å²) in [6, 6.07) is 22.4. The molecule has 0 aliphatic carbocycles. The quantitative estimate of drug-likeness (QED) is 0.549. The lowest BCUT2D eigenvalue weighted by Gasteiger charge is -2.28. The summed E-state index contributed by atoms with van der Waals surface area (Å²) in [6.07, 6.45) is 1.76. The van der Waals surface area contributed by atoms with E-state index in [2.05, 4.69) is 9.71 Å². The van der Waals surface area contributed by atoms with Crippen molar-refractivity contribution in [1.82, 2.24) is 14.6 Å². The van der Waals surface area contributed by atoms with Crippen LogP contribution in [0.15, 0.2) is 83.9 Å². The minimum Gasteiger partial charge on any atom is -0.329 e. The van der Waals surface area contributed by atoms with Crippen molar-refractivity contribution < 1.29 is 13.2 Å². The number of nitriles is 1. The molecule has 3 aromatic rings. The zero-order valence-corrected chi connectivity index (χ0v) is 17.8. The van der Waals surface area contributed by atoms with E-state index in [-0.39, 0.29) is 23.8 Å². The molecular weight excluding hydrogens is 412 g/mol. The Morgan fingerprint density at radius 3 is 2.35 bits per heavy atom. The fourth-order valence-electron chi connectivity index (χ4n) is 3.19. The van der Waals surface area contributed by atoms with Crippen LogP contribution in [0.2, 0.25) is 0 Å². The van der Waals surface area contributed by atoms with Gasteiger partial charge >= 0.3 is 0 Å². The number of hydrogen-bond donors (Lipinski definition) is 1. The van der Waals surface area contributed by atoms with Gasteiger partial charge in [-0.1, -0.05) is 36.4 Å². The zero-order chi connectivity index (χ0) is 22.3.